The van der Waals surface area contributed by atoms with E-state index in [9.17, 15) is 18.4 Å². The average Bonchev–Trinajstić information content (AvgIpc) is 2.80. The summed E-state index contributed by atoms with van der Waals surface area (Å²) in [6.45, 7) is 16.4. The molecule has 0 aromatic heterocycles. The van der Waals surface area contributed by atoms with Gasteiger partial charge in [0.15, 0.2) is 0 Å². The molecule has 2 N–H and O–H groups in total. The van der Waals surface area contributed by atoms with Gasteiger partial charge in [0.2, 0.25) is 10.0 Å². The quantitative estimate of drug-likeness (QED) is 0.190. The van der Waals surface area contributed by atoms with E-state index in [-0.39, 0.29) is 18.4 Å². The first-order valence-electron chi connectivity index (χ1n) is 12.7. The molecule has 2 rings (SSSR count). The summed E-state index contributed by atoms with van der Waals surface area (Å²) >= 11 is 0. The summed E-state index contributed by atoms with van der Waals surface area (Å²) in [5, 5.41) is 10.1. The molecule has 7 nitrogen and oxygen atoms in total. The molecule has 0 bridgehead atoms. The van der Waals surface area contributed by atoms with Crippen LogP contribution in [0.3, 0.4) is 0 Å². The zero-order chi connectivity index (χ0) is 27.0. The van der Waals surface area contributed by atoms with Crippen molar-refractivity contribution >= 4 is 26.7 Å². The Kier molecular flexibility index (Phi) is 10.9. The number of hydrogen-bond acceptors (Lipinski definition) is 5. The molecule has 0 saturated heterocycles. The van der Waals surface area contributed by atoms with Gasteiger partial charge in [0.1, 0.15) is 17.0 Å². The van der Waals surface area contributed by atoms with E-state index in [1.54, 1.807) is 25.4 Å². The number of benzene rings is 2. The van der Waals surface area contributed by atoms with Crippen molar-refractivity contribution in [3.05, 3.63) is 54.6 Å². The van der Waals surface area contributed by atoms with E-state index in [0.717, 1.165) is 22.9 Å². The maximum atomic E-state index is 14.0. The Bertz CT molecular complexity index is 1130. The van der Waals surface area contributed by atoms with E-state index < -0.39 is 27.2 Å². The van der Waals surface area contributed by atoms with E-state index in [4.69, 9.17) is 4.74 Å². The lowest BCUT2D eigenvalue weighted by Gasteiger charge is -2.34. The number of carbonyl (C=O) groups excluding carboxylic acids is 1. The number of sulfonamides is 1. The summed E-state index contributed by atoms with van der Waals surface area (Å²) in [7, 11) is -4.04. The maximum absolute atomic E-state index is 14.0. The molecular formula is C28H42N2O5S. The van der Waals surface area contributed by atoms with Gasteiger partial charge in [-0.1, -0.05) is 65.8 Å². The molecule has 0 saturated carbocycles. The Labute approximate surface area is 216 Å². The molecule has 2 aromatic rings. The Morgan fingerprint density at radius 3 is 2.19 bits per heavy atom. The van der Waals surface area contributed by atoms with Crippen LogP contribution in [-0.4, -0.2) is 43.0 Å². The normalized spacial score (nSPS) is 14.0. The fourth-order valence-electron chi connectivity index (χ4n) is 4.14. The Morgan fingerprint density at radius 1 is 1.03 bits per heavy atom. The average molecular weight is 519 g/mol. The number of rotatable bonds is 14. The number of carbonyl (C=O) groups is 1. The fourth-order valence-corrected chi connectivity index (χ4v) is 6.18. The highest BCUT2D eigenvalue weighted by Gasteiger charge is 2.40. The van der Waals surface area contributed by atoms with Crippen LogP contribution < -0.4 is 10.2 Å². The van der Waals surface area contributed by atoms with E-state index in [1.807, 2.05) is 44.2 Å². The van der Waals surface area contributed by atoms with Crippen LogP contribution >= 0.6 is 0 Å². The monoisotopic (exact) mass is 518 g/mol. The molecule has 1 amide bonds. The van der Waals surface area contributed by atoms with Crippen LogP contribution in [0.25, 0.3) is 10.8 Å². The summed E-state index contributed by atoms with van der Waals surface area (Å²) in [5.41, 5.74) is 2.21. The zero-order valence-electron chi connectivity index (χ0n) is 22.4. The van der Waals surface area contributed by atoms with Gasteiger partial charge in [0, 0.05) is 6.54 Å². The van der Waals surface area contributed by atoms with Gasteiger partial charge in [-0.15, -0.1) is 6.58 Å². The van der Waals surface area contributed by atoms with Gasteiger partial charge in [0.25, 0.3) is 5.91 Å². The Morgan fingerprint density at radius 2 is 1.64 bits per heavy atom. The third kappa shape index (κ3) is 7.54. The van der Waals surface area contributed by atoms with Gasteiger partial charge in [-0.25, -0.2) is 13.9 Å². The molecule has 0 aliphatic heterocycles. The fraction of sp³-hybridized carbons (Fsp3) is 0.536. The van der Waals surface area contributed by atoms with Crippen LogP contribution in [0.5, 0.6) is 5.75 Å². The van der Waals surface area contributed by atoms with Crippen molar-refractivity contribution in [1.82, 2.24) is 9.79 Å². The lowest BCUT2D eigenvalue weighted by atomic mass is 10.0. The molecule has 8 heteroatoms. The van der Waals surface area contributed by atoms with E-state index in [2.05, 4.69) is 20.4 Å². The molecule has 2 unspecified atom stereocenters. The minimum atomic E-state index is -4.04. The summed E-state index contributed by atoms with van der Waals surface area (Å²) in [4.78, 5) is 12.5. The minimum absolute atomic E-state index is 0.158. The number of fused-ring (bicyclic) bond motifs is 1. The van der Waals surface area contributed by atoms with E-state index in [1.165, 1.54) is 10.4 Å². The molecular weight excluding hydrogens is 476 g/mol. The highest BCUT2D eigenvalue weighted by molar-refractivity contribution is 7.89. The molecule has 2 atom stereocenters. The number of nitrogens with zero attached hydrogens (tertiary/aromatic N) is 1. The summed E-state index contributed by atoms with van der Waals surface area (Å²) in [5.74, 6) is 0.467. The van der Waals surface area contributed by atoms with Crippen molar-refractivity contribution in [2.45, 2.75) is 65.7 Å². The van der Waals surface area contributed by atoms with Gasteiger partial charge < -0.3 is 4.74 Å². The number of amides is 1. The minimum Gasteiger partial charge on any atom is -0.494 e. The van der Waals surface area contributed by atoms with Crippen molar-refractivity contribution in [1.29, 1.82) is 0 Å². The zero-order valence-corrected chi connectivity index (χ0v) is 23.2. The number of nitrogens with one attached hydrogen (secondary N) is 1. The number of hydrogen-bond donors (Lipinski definition) is 2. The second-order valence-electron chi connectivity index (χ2n) is 10.5. The molecule has 2 aromatic carbocycles. The summed E-state index contributed by atoms with van der Waals surface area (Å²) in [6.07, 6.45) is 2.94. The van der Waals surface area contributed by atoms with E-state index >= 15 is 0 Å². The van der Waals surface area contributed by atoms with Gasteiger partial charge in [-0.05, 0) is 65.1 Å². The van der Waals surface area contributed by atoms with Crippen LogP contribution in [0.2, 0.25) is 0 Å². The highest BCUT2D eigenvalue weighted by atomic mass is 32.2. The number of hydroxylamine groups is 1. The SMILES string of the molecule is C=CC(c1ccc2cc(OCCC(C)C)ccc2c1)S(=O)(=O)N(CCC(C)C)C(C(=O)NO)C(C)C. The molecule has 36 heavy (non-hydrogen) atoms. The first-order chi connectivity index (χ1) is 16.9. The molecule has 200 valence electrons. The molecule has 0 aliphatic rings. The predicted molar refractivity (Wildman–Crippen MR) is 145 cm³/mol. The van der Waals surface area contributed by atoms with Gasteiger partial charge in [-0.2, -0.15) is 4.31 Å². The van der Waals surface area contributed by atoms with Crippen molar-refractivity contribution in [2.75, 3.05) is 13.2 Å². The van der Waals surface area contributed by atoms with Crippen LogP contribution in [-0.2, 0) is 14.8 Å². The molecule has 0 radical (unpaired) electrons. The molecule has 0 heterocycles. The Hall–Kier alpha value is -2.42. The topological polar surface area (TPSA) is 95.9 Å². The summed E-state index contributed by atoms with van der Waals surface area (Å²) in [6, 6.07) is 10.2. The number of ether oxygens (including phenoxy) is 1. The van der Waals surface area contributed by atoms with Crippen LogP contribution in [0.4, 0.5) is 0 Å². The highest BCUT2D eigenvalue weighted by Crippen LogP contribution is 2.33. The Balaban J connectivity index is 2.45. The lowest BCUT2D eigenvalue weighted by Crippen LogP contribution is -2.53. The van der Waals surface area contributed by atoms with Crippen LogP contribution in [0, 0.1) is 17.8 Å². The van der Waals surface area contributed by atoms with Crippen molar-refractivity contribution in [2.24, 2.45) is 17.8 Å². The van der Waals surface area contributed by atoms with E-state index in [0.29, 0.717) is 24.5 Å². The standard InChI is InChI=1S/C28H42N2O5S/c1-8-26(36(33,34)30(15-13-19(2)3)27(21(6)7)28(31)29-32)24-10-9-23-18-25(12-11-22(23)17-24)35-16-14-20(4)5/h8-12,17-21,26-27,32H,1,13-16H2,2-7H3,(H,29,31). The van der Waals surface area contributed by atoms with Crippen LogP contribution in [0.15, 0.2) is 49.1 Å². The second-order valence-corrected chi connectivity index (χ2v) is 12.5. The van der Waals surface area contributed by atoms with Crippen molar-refractivity contribution in [3.63, 3.8) is 0 Å². The van der Waals surface area contributed by atoms with Crippen molar-refractivity contribution < 1.29 is 23.2 Å². The second kappa shape index (κ2) is 13.2. The van der Waals surface area contributed by atoms with Crippen LogP contribution in [0.1, 0.15) is 65.2 Å². The third-order valence-electron chi connectivity index (χ3n) is 6.24. The molecule has 0 aliphatic carbocycles. The first-order valence-corrected chi connectivity index (χ1v) is 14.2. The maximum Gasteiger partial charge on any atom is 0.262 e. The van der Waals surface area contributed by atoms with Gasteiger partial charge >= 0.3 is 0 Å². The van der Waals surface area contributed by atoms with Crippen molar-refractivity contribution in [3.8, 4) is 5.75 Å². The smallest absolute Gasteiger partial charge is 0.262 e. The first kappa shape index (κ1) is 29.8. The summed E-state index contributed by atoms with van der Waals surface area (Å²) < 4.78 is 35.0. The van der Waals surface area contributed by atoms with Gasteiger partial charge in [-0.3, -0.25) is 10.0 Å². The largest absolute Gasteiger partial charge is 0.494 e. The molecule has 0 spiro atoms. The van der Waals surface area contributed by atoms with Gasteiger partial charge in [0.05, 0.1) is 6.61 Å². The lowest BCUT2D eigenvalue weighted by molar-refractivity contribution is -0.134. The third-order valence-corrected chi connectivity index (χ3v) is 8.41. The molecule has 0 fully saturated rings. The predicted octanol–water partition coefficient (Wildman–Crippen LogP) is 5.70.